The second-order valence-corrected chi connectivity index (χ2v) is 6.44. The Morgan fingerprint density at radius 1 is 1.08 bits per heavy atom. The van der Waals surface area contributed by atoms with E-state index < -0.39 is 0 Å². The molecule has 0 aliphatic carbocycles. The number of fused-ring (bicyclic) bond motifs is 1. The van der Waals surface area contributed by atoms with Crippen LogP contribution in [0.25, 0.3) is 10.9 Å². The molecule has 0 spiro atoms. The van der Waals surface area contributed by atoms with Gasteiger partial charge in [0, 0.05) is 49.8 Å². The van der Waals surface area contributed by atoms with Crippen LogP contribution in [0.15, 0.2) is 30.5 Å². The van der Waals surface area contributed by atoms with Crippen molar-refractivity contribution in [3.63, 3.8) is 0 Å². The van der Waals surface area contributed by atoms with Crippen molar-refractivity contribution in [2.45, 2.75) is 12.8 Å². The van der Waals surface area contributed by atoms with Crippen LogP contribution in [-0.4, -0.2) is 67.6 Å². The van der Waals surface area contributed by atoms with E-state index in [1.807, 2.05) is 24.4 Å². The molecule has 0 bridgehead atoms. The molecule has 0 unspecified atom stereocenters. The number of ether oxygens (including phenoxy) is 1. The molecule has 0 radical (unpaired) electrons. The summed E-state index contributed by atoms with van der Waals surface area (Å²) in [7, 11) is 0. The SMILES string of the molecule is O=C(CC(=O)NCCN1CCOCC1)NCCc1c[nH]c2ccccc12. The molecule has 26 heavy (non-hydrogen) atoms. The van der Waals surface area contributed by atoms with E-state index in [2.05, 4.69) is 26.6 Å². The quantitative estimate of drug-likeness (QED) is 0.605. The minimum Gasteiger partial charge on any atom is -0.379 e. The van der Waals surface area contributed by atoms with Crippen LogP contribution in [0.1, 0.15) is 12.0 Å². The first-order chi connectivity index (χ1) is 12.7. The van der Waals surface area contributed by atoms with E-state index in [4.69, 9.17) is 4.74 Å². The molecule has 2 amide bonds. The molecular formula is C19H26N4O3. The van der Waals surface area contributed by atoms with Crippen LogP contribution >= 0.6 is 0 Å². The summed E-state index contributed by atoms with van der Waals surface area (Å²) in [6, 6.07) is 8.07. The molecule has 0 atom stereocenters. The number of carbonyl (C=O) groups excluding carboxylic acids is 2. The Morgan fingerprint density at radius 2 is 1.81 bits per heavy atom. The Kier molecular flexibility index (Phi) is 6.62. The van der Waals surface area contributed by atoms with Gasteiger partial charge in [0.25, 0.3) is 0 Å². The smallest absolute Gasteiger partial charge is 0.229 e. The highest BCUT2D eigenvalue weighted by molar-refractivity contribution is 5.96. The van der Waals surface area contributed by atoms with Crippen LogP contribution in [-0.2, 0) is 20.7 Å². The molecule has 3 rings (SSSR count). The first-order valence-electron chi connectivity index (χ1n) is 9.11. The number of aromatic amines is 1. The molecule has 1 aliphatic heterocycles. The number of morpholine rings is 1. The summed E-state index contributed by atoms with van der Waals surface area (Å²) in [6.07, 6.45) is 2.57. The summed E-state index contributed by atoms with van der Waals surface area (Å²) in [6.45, 7) is 5.13. The predicted molar refractivity (Wildman–Crippen MR) is 99.9 cm³/mol. The van der Waals surface area contributed by atoms with Crippen molar-refractivity contribution in [3.8, 4) is 0 Å². The lowest BCUT2D eigenvalue weighted by atomic mass is 10.1. The molecular weight excluding hydrogens is 332 g/mol. The summed E-state index contributed by atoms with van der Waals surface area (Å²) in [4.78, 5) is 29.2. The Labute approximate surface area is 153 Å². The van der Waals surface area contributed by atoms with Gasteiger partial charge in [-0.3, -0.25) is 14.5 Å². The number of nitrogens with one attached hydrogen (secondary N) is 3. The third-order valence-electron chi connectivity index (χ3n) is 4.57. The van der Waals surface area contributed by atoms with E-state index in [0.717, 1.165) is 50.3 Å². The summed E-state index contributed by atoms with van der Waals surface area (Å²) >= 11 is 0. The van der Waals surface area contributed by atoms with E-state index >= 15 is 0 Å². The lowest BCUT2D eigenvalue weighted by molar-refractivity contribution is -0.129. The van der Waals surface area contributed by atoms with Gasteiger partial charge in [0.15, 0.2) is 0 Å². The normalized spacial score (nSPS) is 15.1. The fraction of sp³-hybridized carbons (Fsp3) is 0.474. The van der Waals surface area contributed by atoms with Crippen molar-refractivity contribution in [1.29, 1.82) is 0 Å². The highest BCUT2D eigenvalue weighted by atomic mass is 16.5. The number of para-hydroxylation sites is 1. The Morgan fingerprint density at radius 3 is 2.62 bits per heavy atom. The van der Waals surface area contributed by atoms with E-state index in [1.54, 1.807) is 0 Å². The van der Waals surface area contributed by atoms with Crippen LogP contribution in [0.3, 0.4) is 0 Å². The van der Waals surface area contributed by atoms with Crippen LogP contribution in [0.2, 0.25) is 0 Å². The molecule has 7 heteroatoms. The number of H-pyrrole nitrogens is 1. The lowest BCUT2D eigenvalue weighted by Gasteiger charge is -2.26. The number of carbonyl (C=O) groups is 2. The maximum atomic E-state index is 11.9. The van der Waals surface area contributed by atoms with Gasteiger partial charge in [-0.2, -0.15) is 0 Å². The molecule has 7 nitrogen and oxygen atoms in total. The number of hydrogen-bond acceptors (Lipinski definition) is 4. The molecule has 3 N–H and O–H groups in total. The molecule has 1 aromatic carbocycles. The van der Waals surface area contributed by atoms with Crippen LogP contribution < -0.4 is 10.6 Å². The highest BCUT2D eigenvalue weighted by Gasteiger charge is 2.12. The van der Waals surface area contributed by atoms with E-state index in [1.165, 1.54) is 5.39 Å². The number of benzene rings is 1. The third kappa shape index (κ3) is 5.31. The number of hydrogen-bond donors (Lipinski definition) is 3. The molecule has 1 aliphatic rings. The van der Waals surface area contributed by atoms with Gasteiger partial charge in [-0.15, -0.1) is 0 Å². The van der Waals surface area contributed by atoms with Gasteiger partial charge >= 0.3 is 0 Å². The average molecular weight is 358 g/mol. The highest BCUT2D eigenvalue weighted by Crippen LogP contribution is 2.17. The molecule has 2 heterocycles. The second kappa shape index (κ2) is 9.35. The van der Waals surface area contributed by atoms with Crippen LogP contribution in [0.4, 0.5) is 0 Å². The number of rotatable bonds is 8. The van der Waals surface area contributed by atoms with Crippen molar-refractivity contribution in [2.75, 3.05) is 45.9 Å². The third-order valence-corrected chi connectivity index (χ3v) is 4.57. The Bertz CT molecular complexity index is 737. The predicted octanol–water partition coefficient (Wildman–Crippen LogP) is 0.665. The van der Waals surface area contributed by atoms with Gasteiger partial charge in [0.05, 0.1) is 13.2 Å². The van der Waals surface area contributed by atoms with Crippen LogP contribution in [0, 0.1) is 0 Å². The van der Waals surface area contributed by atoms with Crippen molar-refractivity contribution in [2.24, 2.45) is 0 Å². The number of nitrogens with zero attached hydrogens (tertiary/aromatic N) is 1. The van der Waals surface area contributed by atoms with Gasteiger partial charge < -0.3 is 20.4 Å². The first-order valence-corrected chi connectivity index (χ1v) is 9.11. The van der Waals surface area contributed by atoms with Crippen molar-refractivity contribution < 1.29 is 14.3 Å². The molecule has 2 aromatic rings. The molecule has 140 valence electrons. The van der Waals surface area contributed by atoms with Crippen molar-refractivity contribution >= 4 is 22.7 Å². The average Bonchev–Trinajstić information content (AvgIpc) is 3.06. The van der Waals surface area contributed by atoms with E-state index in [-0.39, 0.29) is 18.2 Å². The maximum absolute atomic E-state index is 11.9. The molecule has 1 saturated heterocycles. The molecule has 1 aromatic heterocycles. The number of aromatic nitrogens is 1. The summed E-state index contributed by atoms with van der Waals surface area (Å²) in [5.41, 5.74) is 2.25. The van der Waals surface area contributed by atoms with Gasteiger partial charge in [-0.05, 0) is 18.1 Å². The fourth-order valence-corrected chi connectivity index (χ4v) is 3.12. The van der Waals surface area contributed by atoms with Gasteiger partial charge in [-0.1, -0.05) is 18.2 Å². The zero-order chi connectivity index (χ0) is 18.2. The standard InChI is InChI=1S/C19H26N4O3/c24-18(13-19(25)21-7-8-23-9-11-26-12-10-23)20-6-5-15-14-22-17-4-2-1-3-16(15)17/h1-4,14,22H,5-13H2,(H,20,24)(H,21,25). The zero-order valence-corrected chi connectivity index (χ0v) is 14.9. The van der Waals surface area contributed by atoms with Gasteiger partial charge in [-0.25, -0.2) is 0 Å². The summed E-state index contributed by atoms with van der Waals surface area (Å²) < 4.78 is 5.28. The van der Waals surface area contributed by atoms with Crippen molar-refractivity contribution in [3.05, 3.63) is 36.0 Å². The first kappa shape index (κ1) is 18.4. The molecule has 0 saturated carbocycles. The largest absolute Gasteiger partial charge is 0.379 e. The summed E-state index contributed by atoms with van der Waals surface area (Å²) in [5, 5.41) is 6.79. The Balaban J connectivity index is 1.31. The minimum atomic E-state index is -0.242. The topological polar surface area (TPSA) is 86.5 Å². The zero-order valence-electron chi connectivity index (χ0n) is 14.9. The second-order valence-electron chi connectivity index (χ2n) is 6.44. The number of amides is 2. The van der Waals surface area contributed by atoms with E-state index in [0.29, 0.717) is 13.1 Å². The monoisotopic (exact) mass is 358 g/mol. The van der Waals surface area contributed by atoms with Gasteiger partial charge in [0.2, 0.25) is 11.8 Å². The van der Waals surface area contributed by atoms with Crippen molar-refractivity contribution in [1.82, 2.24) is 20.5 Å². The summed E-state index contributed by atoms with van der Waals surface area (Å²) in [5.74, 6) is -0.475. The van der Waals surface area contributed by atoms with Crippen LogP contribution in [0.5, 0.6) is 0 Å². The Hall–Kier alpha value is -2.38. The maximum Gasteiger partial charge on any atom is 0.229 e. The molecule has 1 fully saturated rings. The minimum absolute atomic E-state index is 0.128. The fourth-order valence-electron chi connectivity index (χ4n) is 3.12. The van der Waals surface area contributed by atoms with Gasteiger partial charge in [0.1, 0.15) is 6.42 Å². The van der Waals surface area contributed by atoms with E-state index in [9.17, 15) is 9.59 Å². The lowest BCUT2D eigenvalue weighted by Crippen LogP contribution is -2.42.